The Hall–Kier alpha value is -1.36. The Morgan fingerprint density at radius 1 is 1.44 bits per heavy atom. The van der Waals surface area contributed by atoms with Crippen molar-refractivity contribution in [3.05, 3.63) is 22.4 Å². The fourth-order valence-electron chi connectivity index (χ4n) is 2.19. The average molecular weight is 266 g/mol. The summed E-state index contributed by atoms with van der Waals surface area (Å²) < 4.78 is 0. The number of nitrogens with zero attached hydrogens (tertiary/aromatic N) is 1. The molecule has 2 heterocycles. The number of likely N-dealkylation sites (tertiary alicyclic amines) is 1. The van der Waals surface area contributed by atoms with Crippen molar-refractivity contribution in [1.82, 2.24) is 10.2 Å². The van der Waals surface area contributed by atoms with E-state index in [1.807, 2.05) is 22.4 Å². The van der Waals surface area contributed by atoms with E-state index in [-0.39, 0.29) is 17.9 Å². The topological polar surface area (TPSA) is 49.4 Å². The van der Waals surface area contributed by atoms with Crippen LogP contribution in [0.25, 0.3) is 0 Å². The summed E-state index contributed by atoms with van der Waals surface area (Å²) >= 11 is 1.60. The summed E-state index contributed by atoms with van der Waals surface area (Å²) in [6.45, 7) is 3.09. The van der Waals surface area contributed by atoms with Crippen molar-refractivity contribution in [3.63, 3.8) is 0 Å². The number of amides is 2. The molecule has 0 spiro atoms. The SMILES string of the molecule is CC(=O)N1CCC(NC(=O)Cc2cccs2)CC1. The van der Waals surface area contributed by atoms with Crippen molar-refractivity contribution in [2.75, 3.05) is 13.1 Å². The van der Waals surface area contributed by atoms with E-state index in [0.29, 0.717) is 6.42 Å². The van der Waals surface area contributed by atoms with Gasteiger partial charge in [0.2, 0.25) is 11.8 Å². The molecule has 0 radical (unpaired) electrons. The number of nitrogens with one attached hydrogen (secondary N) is 1. The number of rotatable bonds is 3. The van der Waals surface area contributed by atoms with Gasteiger partial charge in [-0.25, -0.2) is 0 Å². The van der Waals surface area contributed by atoms with Crippen LogP contribution in [0.4, 0.5) is 0 Å². The Labute approximate surface area is 111 Å². The Kier molecular flexibility index (Phi) is 4.36. The molecule has 0 unspecified atom stereocenters. The first kappa shape index (κ1) is 13.1. The highest BCUT2D eigenvalue weighted by atomic mass is 32.1. The summed E-state index contributed by atoms with van der Waals surface area (Å²) in [5.74, 6) is 0.206. The lowest BCUT2D eigenvalue weighted by Gasteiger charge is -2.31. The summed E-state index contributed by atoms with van der Waals surface area (Å²) in [6.07, 6.45) is 2.18. The third kappa shape index (κ3) is 3.57. The fraction of sp³-hybridized carbons (Fsp3) is 0.538. The molecule has 4 nitrogen and oxygen atoms in total. The van der Waals surface area contributed by atoms with Gasteiger partial charge in [-0.15, -0.1) is 11.3 Å². The molecule has 0 bridgehead atoms. The standard InChI is InChI=1S/C13H18N2O2S/c1-10(16)15-6-4-11(5-7-15)14-13(17)9-12-3-2-8-18-12/h2-3,8,11H,4-7,9H2,1H3,(H,14,17). The van der Waals surface area contributed by atoms with Crippen LogP contribution < -0.4 is 5.32 Å². The van der Waals surface area contributed by atoms with Crippen molar-refractivity contribution in [2.45, 2.75) is 32.2 Å². The summed E-state index contributed by atoms with van der Waals surface area (Å²) in [5, 5.41) is 5.03. The first-order valence-corrected chi connectivity index (χ1v) is 7.10. The highest BCUT2D eigenvalue weighted by Gasteiger charge is 2.21. The van der Waals surface area contributed by atoms with E-state index in [4.69, 9.17) is 0 Å². The molecule has 0 atom stereocenters. The monoisotopic (exact) mass is 266 g/mol. The van der Waals surface area contributed by atoms with Gasteiger partial charge in [-0.2, -0.15) is 0 Å². The van der Waals surface area contributed by atoms with Crippen LogP contribution in [-0.4, -0.2) is 35.8 Å². The van der Waals surface area contributed by atoms with Crippen LogP contribution in [-0.2, 0) is 16.0 Å². The van der Waals surface area contributed by atoms with Crippen LogP contribution in [0.15, 0.2) is 17.5 Å². The second-order valence-corrected chi connectivity index (χ2v) is 5.64. The van der Waals surface area contributed by atoms with Gasteiger partial charge in [-0.05, 0) is 24.3 Å². The Bertz CT molecular complexity index is 409. The Balaban J connectivity index is 1.74. The normalized spacial score (nSPS) is 16.6. The van der Waals surface area contributed by atoms with Crippen molar-refractivity contribution in [2.24, 2.45) is 0 Å². The molecule has 5 heteroatoms. The maximum Gasteiger partial charge on any atom is 0.225 e. The molecular formula is C13H18N2O2S. The van der Waals surface area contributed by atoms with E-state index in [2.05, 4.69) is 5.32 Å². The van der Waals surface area contributed by atoms with Crippen molar-refractivity contribution in [1.29, 1.82) is 0 Å². The minimum Gasteiger partial charge on any atom is -0.353 e. The summed E-state index contributed by atoms with van der Waals surface area (Å²) in [4.78, 5) is 25.9. The number of hydrogen-bond acceptors (Lipinski definition) is 3. The second kappa shape index (κ2) is 6.00. The first-order valence-electron chi connectivity index (χ1n) is 6.22. The smallest absolute Gasteiger partial charge is 0.225 e. The molecular weight excluding hydrogens is 248 g/mol. The molecule has 1 aliphatic heterocycles. The third-order valence-corrected chi connectivity index (χ3v) is 4.10. The molecule has 1 saturated heterocycles. The second-order valence-electron chi connectivity index (χ2n) is 4.60. The molecule has 1 N–H and O–H groups in total. The molecule has 0 aliphatic carbocycles. The summed E-state index contributed by atoms with van der Waals surface area (Å²) in [7, 11) is 0. The van der Waals surface area contributed by atoms with E-state index in [9.17, 15) is 9.59 Å². The molecule has 2 amide bonds. The van der Waals surface area contributed by atoms with Gasteiger partial charge in [0.1, 0.15) is 0 Å². The van der Waals surface area contributed by atoms with Gasteiger partial charge in [0.05, 0.1) is 6.42 Å². The lowest BCUT2D eigenvalue weighted by atomic mass is 10.0. The Morgan fingerprint density at radius 3 is 2.72 bits per heavy atom. The predicted molar refractivity (Wildman–Crippen MR) is 71.4 cm³/mol. The van der Waals surface area contributed by atoms with E-state index < -0.39 is 0 Å². The van der Waals surface area contributed by atoms with E-state index in [0.717, 1.165) is 30.8 Å². The van der Waals surface area contributed by atoms with Gasteiger partial charge >= 0.3 is 0 Å². The van der Waals surface area contributed by atoms with Crippen molar-refractivity contribution in [3.8, 4) is 0 Å². The largest absolute Gasteiger partial charge is 0.353 e. The minimum absolute atomic E-state index is 0.0822. The van der Waals surface area contributed by atoms with Gasteiger partial charge in [0.25, 0.3) is 0 Å². The zero-order valence-electron chi connectivity index (χ0n) is 10.5. The number of thiophene rings is 1. The van der Waals surface area contributed by atoms with Gasteiger partial charge < -0.3 is 10.2 Å². The van der Waals surface area contributed by atoms with Crippen molar-refractivity contribution < 1.29 is 9.59 Å². The lowest BCUT2D eigenvalue weighted by molar-refractivity contribution is -0.130. The average Bonchev–Trinajstić information content (AvgIpc) is 2.82. The molecule has 0 saturated carbocycles. The van der Waals surface area contributed by atoms with Crippen molar-refractivity contribution >= 4 is 23.2 Å². The van der Waals surface area contributed by atoms with Crippen LogP contribution in [0, 0.1) is 0 Å². The first-order chi connectivity index (χ1) is 8.65. The van der Waals surface area contributed by atoms with Crippen LogP contribution in [0.3, 0.4) is 0 Å². The van der Waals surface area contributed by atoms with Crippen LogP contribution in [0.5, 0.6) is 0 Å². The zero-order chi connectivity index (χ0) is 13.0. The predicted octanol–water partition coefficient (Wildman–Crippen LogP) is 1.42. The van der Waals surface area contributed by atoms with E-state index >= 15 is 0 Å². The van der Waals surface area contributed by atoms with E-state index in [1.54, 1.807) is 18.3 Å². The number of hydrogen-bond donors (Lipinski definition) is 1. The highest BCUT2D eigenvalue weighted by molar-refractivity contribution is 7.10. The number of carbonyl (C=O) groups excluding carboxylic acids is 2. The highest BCUT2D eigenvalue weighted by Crippen LogP contribution is 2.12. The van der Waals surface area contributed by atoms with Crippen LogP contribution in [0.1, 0.15) is 24.6 Å². The maximum atomic E-state index is 11.8. The molecule has 98 valence electrons. The molecule has 1 aromatic heterocycles. The molecule has 1 aliphatic rings. The lowest BCUT2D eigenvalue weighted by Crippen LogP contribution is -2.46. The molecule has 1 aromatic rings. The molecule has 0 aromatic carbocycles. The van der Waals surface area contributed by atoms with Gasteiger partial charge in [0.15, 0.2) is 0 Å². The molecule has 1 fully saturated rings. The zero-order valence-corrected chi connectivity index (χ0v) is 11.3. The van der Waals surface area contributed by atoms with Gasteiger partial charge in [-0.3, -0.25) is 9.59 Å². The van der Waals surface area contributed by atoms with Crippen LogP contribution >= 0.6 is 11.3 Å². The molecule has 18 heavy (non-hydrogen) atoms. The van der Waals surface area contributed by atoms with Gasteiger partial charge in [0, 0.05) is 30.9 Å². The minimum atomic E-state index is 0.0822. The summed E-state index contributed by atoms with van der Waals surface area (Å²) in [6, 6.07) is 4.15. The molecule has 2 rings (SSSR count). The fourth-order valence-corrected chi connectivity index (χ4v) is 2.89. The Morgan fingerprint density at radius 2 is 2.17 bits per heavy atom. The van der Waals surface area contributed by atoms with Crippen LogP contribution in [0.2, 0.25) is 0 Å². The van der Waals surface area contributed by atoms with Gasteiger partial charge in [-0.1, -0.05) is 6.07 Å². The quantitative estimate of drug-likeness (QED) is 0.899. The number of carbonyl (C=O) groups is 2. The number of piperidine rings is 1. The summed E-state index contributed by atoms with van der Waals surface area (Å²) in [5.41, 5.74) is 0. The van der Waals surface area contributed by atoms with E-state index in [1.165, 1.54) is 0 Å². The maximum absolute atomic E-state index is 11.8. The third-order valence-electron chi connectivity index (χ3n) is 3.22.